The lowest BCUT2D eigenvalue weighted by Crippen LogP contribution is -2.45. The molecule has 1 aromatic carbocycles. The molecule has 1 aromatic rings. The van der Waals surface area contributed by atoms with E-state index < -0.39 is 0 Å². The van der Waals surface area contributed by atoms with Crippen LogP contribution in [-0.2, 0) is 6.42 Å². The van der Waals surface area contributed by atoms with Crippen molar-refractivity contribution in [2.75, 3.05) is 0 Å². The van der Waals surface area contributed by atoms with Gasteiger partial charge in [0.2, 0.25) is 0 Å². The predicted octanol–water partition coefficient (Wildman–Crippen LogP) is 4.04. The van der Waals surface area contributed by atoms with Gasteiger partial charge in [-0.1, -0.05) is 39.3 Å². The molecule has 0 aliphatic rings. The molecule has 0 saturated heterocycles. The molecule has 18 heavy (non-hydrogen) atoms. The maximum atomic E-state index is 6.11. The molecular formula is C15H24ClNO. The minimum absolute atomic E-state index is 0.000179. The molecule has 0 aliphatic heterocycles. The smallest absolute Gasteiger partial charge is 0.120 e. The molecule has 2 N–H and O–H groups in total. The molecule has 2 atom stereocenters. The Morgan fingerprint density at radius 1 is 1.33 bits per heavy atom. The molecular weight excluding hydrogens is 246 g/mol. The maximum Gasteiger partial charge on any atom is 0.120 e. The van der Waals surface area contributed by atoms with Gasteiger partial charge in [-0.25, -0.2) is 0 Å². The Kier molecular flexibility index (Phi) is 5.06. The molecule has 0 saturated carbocycles. The summed E-state index contributed by atoms with van der Waals surface area (Å²) in [6.07, 6.45) is 0.873. The van der Waals surface area contributed by atoms with E-state index in [1.165, 1.54) is 0 Å². The number of ether oxygens (including phenoxy) is 1. The zero-order chi connectivity index (χ0) is 13.9. The molecule has 0 radical (unpaired) electrons. The van der Waals surface area contributed by atoms with Gasteiger partial charge in [-0.2, -0.15) is 0 Å². The van der Waals surface area contributed by atoms with E-state index in [2.05, 4.69) is 27.7 Å². The van der Waals surface area contributed by atoms with Gasteiger partial charge in [0.1, 0.15) is 11.9 Å². The first-order valence-electron chi connectivity index (χ1n) is 6.46. The van der Waals surface area contributed by atoms with E-state index >= 15 is 0 Å². The van der Waals surface area contributed by atoms with Gasteiger partial charge in [0.25, 0.3) is 0 Å². The summed E-state index contributed by atoms with van der Waals surface area (Å²) in [5.41, 5.74) is 7.12. The molecule has 0 fully saturated rings. The van der Waals surface area contributed by atoms with Crippen molar-refractivity contribution in [1.82, 2.24) is 0 Å². The van der Waals surface area contributed by atoms with Crippen LogP contribution in [0.4, 0.5) is 0 Å². The highest BCUT2D eigenvalue weighted by molar-refractivity contribution is 6.31. The van der Waals surface area contributed by atoms with Crippen LogP contribution < -0.4 is 10.5 Å². The normalized spacial score (nSPS) is 15.3. The van der Waals surface area contributed by atoms with Gasteiger partial charge in [-0.3, -0.25) is 0 Å². The van der Waals surface area contributed by atoms with Crippen molar-refractivity contribution in [2.45, 2.75) is 53.2 Å². The second kappa shape index (κ2) is 5.94. The zero-order valence-electron chi connectivity index (χ0n) is 12.0. The maximum absolute atomic E-state index is 6.11. The monoisotopic (exact) mass is 269 g/mol. The molecule has 0 aliphatic carbocycles. The van der Waals surface area contributed by atoms with Crippen molar-refractivity contribution in [3.63, 3.8) is 0 Å². The van der Waals surface area contributed by atoms with E-state index in [0.29, 0.717) is 0 Å². The Hall–Kier alpha value is -0.730. The minimum Gasteiger partial charge on any atom is -0.488 e. The Morgan fingerprint density at radius 3 is 2.39 bits per heavy atom. The number of aryl methyl sites for hydroxylation is 1. The number of rotatable bonds is 4. The number of nitrogens with two attached hydrogens (primary N) is 1. The molecule has 0 amide bonds. The average Bonchev–Trinajstić information content (AvgIpc) is 2.25. The number of halogens is 1. The van der Waals surface area contributed by atoms with Crippen LogP contribution in [-0.4, -0.2) is 12.1 Å². The lowest BCUT2D eigenvalue weighted by atomic mass is 9.85. The van der Waals surface area contributed by atoms with Gasteiger partial charge in [0.05, 0.1) is 0 Å². The SMILES string of the molecule is CCc1cc(OC(C(C)N)C(C)(C)C)ccc1Cl. The highest BCUT2D eigenvalue weighted by atomic mass is 35.5. The van der Waals surface area contributed by atoms with Crippen LogP contribution in [0, 0.1) is 5.41 Å². The quantitative estimate of drug-likeness (QED) is 0.895. The molecule has 0 heterocycles. The summed E-state index contributed by atoms with van der Waals surface area (Å²) in [6.45, 7) is 10.5. The Balaban J connectivity index is 2.95. The van der Waals surface area contributed by atoms with E-state index in [0.717, 1.165) is 22.8 Å². The van der Waals surface area contributed by atoms with Gasteiger partial charge in [0.15, 0.2) is 0 Å². The summed E-state index contributed by atoms with van der Waals surface area (Å²) < 4.78 is 6.05. The van der Waals surface area contributed by atoms with Crippen LogP contribution in [0.25, 0.3) is 0 Å². The molecule has 0 spiro atoms. The first-order valence-corrected chi connectivity index (χ1v) is 6.84. The van der Waals surface area contributed by atoms with Crippen LogP contribution in [0.5, 0.6) is 5.75 Å². The Bertz CT molecular complexity index is 396. The summed E-state index contributed by atoms with van der Waals surface area (Å²) in [4.78, 5) is 0. The fourth-order valence-corrected chi connectivity index (χ4v) is 2.37. The molecule has 3 heteroatoms. The van der Waals surface area contributed by atoms with Crippen LogP contribution in [0.1, 0.15) is 40.2 Å². The number of benzene rings is 1. The first kappa shape index (κ1) is 15.3. The second-order valence-electron chi connectivity index (χ2n) is 5.87. The average molecular weight is 270 g/mol. The fraction of sp³-hybridized carbons (Fsp3) is 0.600. The highest BCUT2D eigenvalue weighted by Gasteiger charge is 2.30. The molecule has 1 rings (SSSR count). The van der Waals surface area contributed by atoms with Crippen LogP contribution in [0.3, 0.4) is 0 Å². The van der Waals surface area contributed by atoms with E-state index in [-0.39, 0.29) is 17.6 Å². The summed E-state index contributed by atoms with van der Waals surface area (Å²) in [6, 6.07) is 5.77. The summed E-state index contributed by atoms with van der Waals surface area (Å²) in [5.74, 6) is 0.841. The second-order valence-corrected chi connectivity index (χ2v) is 6.28. The third-order valence-electron chi connectivity index (χ3n) is 2.99. The highest BCUT2D eigenvalue weighted by Crippen LogP contribution is 2.29. The van der Waals surface area contributed by atoms with E-state index in [9.17, 15) is 0 Å². The van der Waals surface area contributed by atoms with Crippen molar-refractivity contribution in [1.29, 1.82) is 0 Å². The summed E-state index contributed by atoms with van der Waals surface area (Å²) in [7, 11) is 0. The van der Waals surface area contributed by atoms with E-state index in [1.807, 2.05) is 25.1 Å². The van der Waals surface area contributed by atoms with Gasteiger partial charge in [0, 0.05) is 16.5 Å². The lowest BCUT2D eigenvalue weighted by Gasteiger charge is -2.34. The molecule has 0 aromatic heterocycles. The van der Waals surface area contributed by atoms with Crippen LogP contribution >= 0.6 is 11.6 Å². The van der Waals surface area contributed by atoms with Gasteiger partial charge < -0.3 is 10.5 Å². The third kappa shape index (κ3) is 3.89. The van der Waals surface area contributed by atoms with Crippen molar-refractivity contribution < 1.29 is 4.74 Å². The van der Waals surface area contributed by atoms with Crippen LogP contribution in [0.2, 0.25) is 5.02 Å². The van der Waals surface area contributed by atoms with Crippen molar-refractivity contribution >= 4 is 11.6 Å². The molecule has 2 unspecified atom stereocenters. The summed E-state index contributed by atoms with van der Waals surface area (Å²) >= 11 is 6.11. The molecule has 102 valence electrons. The van der Waals surface area contributed by atoms with Gasteiger partial charge >= 0.3 is 0 Å². The number of hydrogen-bond acceptors (Lipinski definition) is 2. The third-order valence-corrected chi connectivity index (χ3v) is 3.36. The molecule has 0 bridgehead atoms. The zero-order valence-corrected chi connectivity index (χ0v) is 12.7. The number of hydrogen-bond donors (Lipinski definition) is 1. The predicted molar refractivity (Wildman–Crippen MR) is 78.4 cm³/mol. The van der Waals surface area contributed by atoms with E-state index in [4.69, 9.17) is 22.1 Å². The lowest BCUT2D eigenvalue weighted by molar-refractivity contribution is 0.0684. The Labute approximate surface area is 115 Å². The molecule has 2 nitrogen and oxygen atoms in total. The Morgan fingerprint density at radius 2 is 1.94 bits per heavy atom. The van der Waals surface area contributed by atoms with Gasteiger partial charge in [-0.15, -0.1) is 0 Å². The largest absolute Gasteiger partial charge is 0.488 e. The topological polar surface area (TPSA) is 35.2 Å². The minimum atomic E-state index is -0.0246. The summed E-state index contributed by atoms with van der Waals surface area (Å²) in [5, 5.41) is 0.790. The van der Waals surface area contributed by atoms with Gasteiger partial charge in [-0.05, 0) is 37.1 Å². The first-order chi connectivity index (χ1) is 8.25. The standard InChI is InChI=1S/C15H24ClNO/c1-6-11-9-12(7-8-13(11)16)18-14(10(2)17)15(3,4)5/h7-10,14H,6,17H2,1-5H3. The van der Waals surface area contributed by atoms with E-state index in [1.54, 1.807) is 0 Å². The van der Waals surface area contributed by atoms with Crippen molar-refractivity contribution in [2.24, 2.45) is 11.1 Å². The van der Waals surface area contributed by atoms with Crippen molar-refractivity contribution in [3.8, 4) is 5.75 Å². The van der Waals surface area contributed by atoms with Crippen LogP contribution in [0.15, 0.2) is 18.2 Å². The van der Waals surface area contributed by atoms with Crippen molar-refractivity contribution in [3.05, 3.63) is 28.8 Å². The fourth-order valence-electron chi connectivity index (χ4n) is 2.11.